The van der Waals surface area contributed by atoms with E-state index < -0.39 is 0 Å². The molecule has 0 aliphatic rings. The summed E-state index contributed by atoms with van der Waals surface area (Å²) in [5.41, 5.74) is 9.91. The monoisotopic (exact) mass is 424 g/mol. The number of fused-ring (bicyclic) bond motifs is 1. The summed E-state index contributed by atoms with van der Waals surface area (Å²) in [6, 6.07) is 10.1. The molecule has 0 saturated carbocycles. The number of alkyl halides is 1. The van der Waals surface area contributed by atoms with Gasteiger partial charge < -0.3 is 15.0 Å². The molecule has 0 radical (unpaired) electrons. The van der Waals surface area contributed by atoms with Gasteiger partial charge in [-0.15, -0.1) is 11.6 Å². The van der Waals surface area contributed by atoms with E-state index >= 15 is 0 Å². The van der Waals surface area contributed by atoms with Gasteiger partial charge in [0.05, 0.1) is 12.2 Å². The van der Waals surface area contributed by atoms with Gasteiger partial charge in [-0.2, -0.15) is 0 Å². The van der Waals surface area contributed by atoms with Gasteiger partial charge in [-0.25, -0.2) is 9.97 Å². The summed E-state index contributed by atoms with van der Waals surface area (Å²) in [5, 5.41) is 0. The summed E-state index contributed by atoms with van der Waals surface area (Å²) >= 11 is 5.75. The fraction of sp³-hybridized carbons (Fsp3) is 0.417. The lowest BCUT2D eigenvalue weighted by Crippen LogP contribution is -2.06. The van der Waals surface area contributed by atoms with Gasteiger partial charge in [0.15, 0.2) is 5.82 Å². The van der Waals surface area contributed by atoms with E-state index in [1.807, 2.05) is 41.1 Å². The van der Waals surface area contributed by atoms with Gasteiger partial charge in [0.25, 0.3) is 0 Å². The van der Waals surface area contributed by atoms with Crippen LogP contribution in [0.4, 0.5) is 5.82 Å². The van der Waals surface area contributed by atoms with E-state index in [1.54, 1.807) is 0 Å². The van der Waals surface area contributed by atoms with E-state index in [4.69, 9.17) is 27.1 Å². The maximum atomic E-state index is 6.33. The van der Waals surface area contributed by atoms with Crippen molar-refractivity contribution in [3.8, 4) is 11.8 Å². The topological polar surface area (TPSA) is 66.0 Å². The number of unbranched alkanes of at least 4 members (excludes halogenated alkanes) is 3. The lowest BCUT2D eigenvalue weighted by molar-refractivity contribution is 0.0668. The van der Waals surface area contributed by atoms with Crippen LogP contribution in [0.1, 0.15) is 56.0 Å². The molecule has 0 aliphatic carbocycles. The molecular weight excluding hydrogens is 396 g/mol. The number of benzene rings is 1. The largest absolute Gasteiger partial charge is 0.382 e. The van der Waals surface area contributed by atoms with E-state index in [0.29, 0.717) is 25.0 Å². The van der Waals surface area contributed by atoms with Crippen LogP contribution in [0.25, 0.3) is 11.0 Å². The van der Waals surface area contributed by atoms with Gasteiger partial charge in [0.1, 0.15) is 23.6 Å². The van der Waals surface area contributed by atoms with Gasteiger partial charge in [-0.3, -0.25) is 0 Å². The summed E-state index contributed by atoms with van der Waals surface area (Å²) in [6.45, 7) is 3.04. The normalized spacial score (nSPS) is 10.9. The summed E-state index contributed by atoms with van der Waals surface area (Å²) in [7, 11) is 0. The Bertz CT molecular complexity index is 1000. The minimum Gasteiger partial charge on any atom is -0.382 e. The zero-order chi connectivity index (χ0) is 21.2. The van der Waals surface area contributed by atoms with Crippen molar-refractivity contribution < 1.29 is 4.74 Å². The minimum absolute atomic E-state index is 0.362. The molecule has 0 unspecified atom stereocenters. The maximum absolute atomic E-state index is 6.33. The molecule has 0 bridgehead atoms. The quantitative estimate of drug-likeness (QED) is 0.273. The summed E-state index contributed by atoms with van der Waals surface area (Å²) in [5.74, 6) is 8.43. The van der Waals surface area contributed by atoms with Crippen LogP contribution >= 0.6 is 11.6 Å². The van der Waals surface area contributed by atoms with Crippen molar-refractivity contribution in [2.24, 2.45) is 0 Å². The highest BCUT2D eigenvalue weighted by atomic mass is 35.5. The molecule has 2 heterocycles. The van der Waals surface area contributed by atoms with E-state index in [0.717, 1.165) is 66.5 Å². The molecule has 1 aromatic carbocycles. The first-order valence-corrected chi connectivity index (χ1v) is 11.1. The second kappa shape index (κ2) is 11.6. The molecule has 0 saturated heterocycles. The van der Waals surface area contributed by atoms with Gasteiger partial charge in [-0.1, -0.05) is 55.5 Å². The molecular formula is C24H29ClN4O. The summed E-state index contributed by atoms with van der Waals surface area (Å²) < 4.78 is 7.88. The van der Waals surface area contributed by atoms with E-state index in [2.05, 4.69) is 23.7 Å². The van der Waals surface area contributed by atoms with Crippen molar-refractivity contribution in [3.05, 3.63) is 53.5 Å². The summed E-state index contributed by atoms with van der Waals surface area (Å²) in [4.78, 5) is 9.31. The van der Waals surface area contributed by atoms with Gasteiger partial charge in [0.2, 0.25) is 0 Å². The van der Waals surface area contributed by atoms with Crippen molar-refractivity contribution in [3.63, 3.8) is 0 Å². The standard InChI is InChI=1S/C24H29ClN4O/c1-2-3-14-21-27-22-20(13-9-4-5-10-15-25)16-29(23(22)24(26)28-21)18-30-17-19-11-7-6-8-12-19/h6-8,11-12,16H,2-5,10,14-15,17-18H2,1H3,(H2,26,27,28). The van der Waals surface area contributed by atoms with Crippen LogP contribution in [-0.2, 0) is 24.5 Å². The lowest BCUT2D eigenvalue weighted by atomic mass is 10.2. The predicted molar refractivity (Wildman–Crippen MR) is 123 cm³/mol. The number of halogens is 1. The molecule has 6 heteroatoms. The highest BCUT2D eigenvalue weighted by Gasteiger charge is 2.15. The van der Waals surface area contributed by atoms with Crippen LogP contribution in [0.15, 0.2) is 36.5 Å². The van der Waals surface area contributed by atoms with Crippen LogP contribution in [-0.4, -0.2) is 20.4 Å². The molecule has 2 aromatic heterocycles. The first-order valence-electron chi connectivity index (χ1n) is 10.5. The Hall–Kier alpha value is -2.55. The number of anilines is 1. The van der Waals surface area contributed by atoms with Gasteiger partial charge in [0, 0.05) is 24.9 Å². The number of rotatable bonds is 10. The third-order valence-corrected chi connectivity index (χ3v) is 5.06. The maximum Gasteiger partial charge on any atom is 0.151 e. The van der Waals surface area contributed by atoms with Crippen LogP contribution in [0.2, 0.25) is 0 Å². The van der Waals surface area contributed by atoms with Crippen molar-refractivity contribution in [2.75, 3.05) is 11.6 Å². The highest BCUT2D eigenvalue weighted by molar-refractivity contribution is 6.17. The van der Waals surface area contributed by atoms with Crippen molar-refractivity contribution in [1.29, 1.82) is 0 Å². The Morgan fingerprint density at radius 1 is 1.13 bits per heavy atom. The van der Waals surface area contributed by atoms with Gasteiger partial charge >= 0.3 is 0 Å². The number of hydrogen-bond acceptors (Lipinski definition) is 4. The first kappa shape index (κ1) is 22.1. The molecule has 3 aromatic rings. The fourth-order valence-electron chi connectivity index (χ4n) is 3.21. The molecule has 0 aliphatic heterocycles. The number of aromatic nitrogens is 3. The number of ether oxygens (including phenoxy) is 1. The Morgan fingerprint density at radius 2 is 1.97 bits per heavy atom. The van der Waals surface area contributed by atoms with E-state index in [-0.39, 0.29) is 0 Å². The van der Waals surface area contributed by atoms with Crippen LogP contribution < -0.4 is 5.73 Å². The molecule has 0 spiro atoms. The third kappa shape index (κ3) is 5.98. The number of nitrogen functional groups attached to an aromatic ring is 1. The minimum atomic E-state index is 0.362. The Kier molecular flexibility index (Phi) is 8.55. The Morgan fingerprint density at radius 3 is 2.73 bits per heavy atom. The molecule has 0 amide bonds. The van der Waals surface area contributed by atoms with Crippen molar-refractivity contribution in [2.45, 2.75) is 58.8 Å². The highest BCUT2D eigenvalue weighted by Crippen LogP contribution is 2.24. The molecule has 5 nitrogen and oxygen atoms in total. The zero-order valence-electron chi connectivity index (χ0n) is 17.5. The Labute approximate surface area is 183 Å². The predicted octanol–water partition coefficient (Wildman–Crippen LogP) is 5.29. The molecule has 3 rings (SSSR count). The lowest BCUT2D eigenvalue weighted by Gasteiger charge is -2.09. The average Bonchev–Trinajstić information content (AvgIpc) is 3.11. The van der Waals surface area contributed by atoms with Crippen LogP contribution in [0.3, 0.4) is 0 Å². The van der Waals surface area contributed by atoms with Crippen LogP contribution in [0.5, 0.6) is 0 Å². The molecule has 0 atom stereocenters. The van der Waals surface area contributed by atoms with Crippen molar-refractivity contribution >= 4 is 28.5 Å². The molecule has 0 fully saturated rings. The molecule has 30 heavy (non-hydrogen) atoms. The second-order valence-electron chi connectivity index (χ2n) is 7.25. The SMILES string of the molecule is CCCCc1nc(N)c2c(n1)c(C#CCCCCCl)cn2COCc1ccccc1. The average molecular weight is 425 g/mol. The third-order valence-electron chi connectivity index (χ3n) is 4.79. The number of nitrogens with zero attached hydrogens (tertiary/aromatic N) is 3. The molecule has 158 valence electrons. The molecule has 2 N–H and O–H groups in total. The van der Waals surface area contributed by atoms with Gasteiger partial charge in [-0.05, 0) is 24.8 Å². The smallest absolute Gasteiger partial charge is 0.151 e. The van der Waals surface area contributed by atoms with E-state index in [1.165, 1.54) is 0 Å². The first-order chi connectivity index (χ1) is 14.7. The Balaban J connectivity index is 1.85. The zero-order valence-corrected chi connectivity index (χ0v) is 18.3. The van der Waals surface area contributed by atoms with Crippen LogP contribution in [0, 0.1) is 11.8 Å². The fourth-order valence-corrected chi connectivity index (χ4v) is 3.40. The summed E-state index contributed by atoms with van der Waals surface area (Å²) in [6.07, 6.45) is 7.69. The van der Waals surface area contributed by atoms with E-state index in [9.17, 15) is 0 Å². The number of aryl methyl sites for hydroxylation is 1. The second-order valence-corrected chi connectivity index (χ2v) is 7.63. The number of nitrogens with two attached hydrogens (primary N) is 1. The van der Waals surface area contributed by atoms with Crippen molar-refractivity contribution in [1.82, 2.24) is 14.5 Å². The number of hydrogen-bond donors (Lipinski definition) is 1.